The molecule has 1 fully saturated rings. The van der Waals surface area contributed by atoms with Crippen molar-refractivity contribution in [3.63, 3.8) is 0 Å². The molecule has 0 radical (unpaired) electrons. The standard InChI is InChI=1S/C10H11ClN2O5S2/c11-9-2-1-8(13(14)15)7-10(9)20(17,18)12-3-5-19(16)6-4-12/h1-2,7H,3-6H2. The van der Waals surface area contributed by atoms with Gasteiger partial charge in [0.15, 0.2) is 0 Å². The zero-order valence-corrected chi connectivity index (χ0v) is 12.6. The van der Waals surface area contributed by atoms with Crippen molar-refractivity contribution in [2.24, 2.45) is 0 Å². The van der Waals surface area contributed by atoms with E-state index in [9.17, 15) is 22.7 Å². The van der Waals surface area contributed by atoms with Gasteiger partial charge in [0.25, 0.3) is 5.69 Å². The summed E-state index contributed by atoms with van der Waals surface area (Å²) in [6, 6.07) is 3.28. The molecule has 1 aromatic carbocycles. The number of hydrogen-bond acceptors (Lipinski definition) is 5. The average molecular weight is 339 g/mol. The molecule has 2 rings (SSSR count). The van der Waals surface area contributed by atoms with Gasteiger partial charge in [-0.1, -0.05) is 11.6 Å². The summed E-state index contributed by atoms with van der Waals surface area (Å²) in [5, 5.41) is 10.7. The molecule has 0 bridgehead atoms. The Morgan fingerprint density at radius 2 is 1.90 bits per heavy atom. The molecule has 0 atom stereocenters. The summed E-state index contributed by atoms with van der Waals surface area (Å²) in [5.41, 5.74) is -0.339. The number of benzene rings is 1. The van der Waals surface area contributed by atoms with Crippen molar-refractivity contribution < 1.29 is 17.6 Å². The molecule has 0 unspecified atom stereocenters. The first-order chi connectivity index (χ1) is 9.32. The number of nitro benzene ring substituents is 1. The Labute approximate surface area is 123 Å². The highest BCUT2D eigenvalue weighted by atomic mass is 35.5. The monoisotopic (exact) mass is 338 g/mol. The molecule has 1 aliphatic rings. The van der Waals surface area contributed by atoms with Crippen molar-refractivity contribution in [2.75, 3.05) is 24.6 Å². The third-order valence-corrected chi connectivity index (χ3v) is 6.54. The molecule has 10 heteroatoms. The maximum Gasteiger partial charge on any atom is 0.270 e. The Bertz CT molecular complexity index is 666. The average Bonchev–Trinajstić information content (AvgIpc) is 2.39. The highest BCUT2D eigenvalue weighted by Gasteiger charge is 2.31. The molecular weight excluding hydrogens is 328 g/mol. The van der Waals surface area contributed by atoms with Crippen molar-refractivity contribution >= 4 is 38.1 Å². The van der Waals surface area contributed by atoms with E-state index in [1.807, 2.05) is 0 Å². The molecule has 110 valence electrons. The molecule has 0 spiro atoms. The number of hydrogen-bond donors (Lipinski definition) is 0. The van der Waals surface area contributed by atoms with Crippen molar-refractivity contribution in [1.29, 1.82) is 0 Å². The lowest BCUT2D eigenvalue weighted by Gasteiger charge is -2.25. The molecular formula is C10H11ClN2O5S2. The molecule has 0 aliphatic carbocycles. The van der Waals surface area contributed by atoms with Crippen LogP contribution in [0.5, 0.6) is 0 Å². The minimum atomic E-state index is -3.91. The van der Waals surface area contributed by atoms with E-state index in [1.54, 1.807) is 0 Å². The van der Waals surface area contributed by atoms with Gasteiger partial charge in [0.05, 0.1) is 9.95 Å². The van der Waals surface area contributed by atoms with Crippen LogP contribution in [0, 0.1) is 10.1 Å². The highest BCUT2D eigenvalue weighted by molar-refractivity contribution is 7.89. The molecule has 0 saturated carbocycles. The van der Waals surface area contributed by atoms with E-state index < -0.39 is 25.7 Å². The van der Waals surface area contributed by atoms with Crippen LogP contribution in [0.15, 0.2) is 23.1 Å². The maximum atomic E-state index is 12.4. The van der Waals surface area contributed by atoms with Crippen molar-refractivity contribution in [3.05, 3.63) is 33.3 Å². The van der Waals surface area contributed by atoms with E-state index >= 15 is 0 Å². The number of halogens is 1. The van der Waals surface area contributed by atoms with Gasteiger partial charge in [-0.15, -0.1) is 0 Å². The van der Waals surface area contributed by atoms with E-state index in [1.165, 1.54) is 6.07 Å². The lowest BCUT2D eigenvalue weighted by molar-refractivity contribution is -0.385. The third-order valence-electron chi connectivity index (χ3n) is 2.88. The first kappa shape index (κ1) is 15.4. The number of nitrogens with zero attached hydrogens (tertiary/aromatic N) is 2. The van der Waals surface area contributed by atoms with Gasteiger partial charge in [-0.25, -0.2) is 8.42 Å². The van der Waals surface area contributed by atoms with Gasteiger partial charge in [0.1, 0.15) is 4.90 Å². The summed E-state index contributed by atoms with van der Waals surface area (Å²) < 4.78 is 37.2. The van der Waals surface area contributed by atoms with E-state index in [0.29, 0.717) is 0 Å². The summed E-state index contributed by atoms with van der Waals surface area (Å²) in [5.74, 6) is 0.511. The lowest BCUT2D eigenvalue weighted by Crippen LogP contribution is -2.41. The predicted molar refractivity (Wildman–Crippen MR) is 74.7 cm³/mol. The lowest BCUT2D eigenvalue weighted by atomic mass is 10.3. The smallest absolute Gasteiger partial charge is 0.259 e. The van der Waals surface area contributed by atoms with Crippen LogP contribution in [-0.2, 0) is 20.8 Å². The molecule has 0 N–H and O–H groups in total. The molecule has 7 nitrogen and oxygen atoms in total. The summed E-state index contributed by atoms with van der Waals surface area (Å²) >= 11 is 5.84. The van der Waals surface area contributed by atoms with Gasteiger partial charge < -0.3 is 0 Å². The quantitative estimate of drug-likeness (QED) is 0.605. The fraction of sp³-hybridized carbons (Fsp3) is 0.400. The minimum Gasteiger partial charge on any atom is -0.259 e. The SMILES string of the molecule is O=[N+]([O-])c1ccc(Cl)c(S(=O)(=O)N2CCS(=O)CC2)c1. The molecule has 1 saturated heterocycles. The topological polar surface area (TPSA) is 97.6 Å². The Kier molecular flexibility index (Phi) is 4.43. The van der Waals surface area contributed by atoms with Crippen LogP contribution in [-0.4, -0.2) is 46.5 Å². The van der Waals surface area contributed by atoms with E-state index in [2.05, 4.69) is 0 Å². The van der Waals surface area contributed by atoms with Gasteiger partial charge in [-0.2, -0.15) is 4.31 Å². The second-order valence-electron chi connectivity index (χ2n) is 4.12. The molecule has 0 aromatic heterocycles. The first-order valence-corrected chi connectivity index (χ1v) is 8.92. The summed E-state index contributed by atoms with van der Waals surface area (Å²) in [4.78, 5) is 9.75. The van der Waals surface area contributed by atoms with Crippen LogP contribution in [0.2, 0.25) is 5.02 Å². The molecule has 0 amide bonds. The van der Waals surface area contributed by atoms with Crippen LogP contribution in [0.3, 0.4) is 0 Å². The molecule has 1 aromatic rings. The molecule has 1 aliphatic heterocycles. The van der Waals surface area contributed by atoms with Gasteiger partial charge in [-0.3, -0.25) is 14.3 Å². The second kappa shape index (κ2) is 5.76. The number of rotatable bonds is 3. The van der Waals surface area contributed by atoms with E-state index in [-0.39, 0.29) is 40.2 Å². The largest absolute Gasteiger partial charge is 0.270 e. The van der Waals surface area contributed by atoms with Crippen molar-refractivity contribution in [2.45, 2.75) is 4.90 Å². The van der Waals surface area contributed by atoms with Crippen LogP contribution in [0.4, 0.5) is 5.69 Å². The Hall–Kier alpha value is -1.03. The van der Waals surface area contributed by atoms with E-state index in [0.717, 1.165) is 16.4 Å². The number of nitro groups is 1. The fourth-order valence-electron chi connectivity index (χ4n) is 1.80. The van der Waals surface area contributed by atoms with Crippen LogP contribution in [0.1, 0.15) is 0 Å². The fourth-order valence-corrected chi connectivity index (χ4v) is 5.02. The highest BCUT2D eigenvalue weighted by Crippen LogP contribution is 2.29. The van der Waals surface area contributed by atoms with E-state index in [4.69, 9.17) is 11.6 Å². The number of non-ortho nitro benzene ring substituents is 1. The Morgan fingerprint density at radius 1 is 1.30 bits per heavy atom. The predicted octanol–water partition coefficient (Wildman–Crippen LogP) is 1.00. The summed E-state index contributed by atoms with van der Waals surface area (Å²) in [6.07, 6.45) is 0. The zero-order valence-electron chi connectivity index (χ0n) is 10.2. The van der Waals surface area contributed by atoms with Gasteiger partial charge in [0.2, 0.25) is 10.0 Å². The van der Waals surface area contributed by atoms with Crippen LogP contribution in [0.25, 0.3) is 0 Å². The van der Waals surface area contributed by atoms with Gasteiger partial charge >= 0.3 is 0 Å². The number of sulfonamides is 1. The zero-order chi connectivity index (χ0) is 14.9. The van der Waals surface area contributed by atoms with Crippen LogP contribution < -0.4 is 0 Å². The maximum absolute atomic E-state index is 12.4. The summed E-state index contributed by atoms with van der Waals surface area (Å²) in [6.45, 7) is 0.238. The summed E-state index contributed by atoms with van der Waals surface area (Å²) in [7, 11) is -4.93. The van der Waals surface area contributed by atoms with Gasteiger partial charge in [0, 0.05) is 47.5 Å². The molecule has 1 heterocycles. The van der Waals surface area contributed by atoms with Crippen molar-refractivity contribution in [3.8, 4) is 0 Å². The second-order valence-corrected chi connectivity index (χ2v) is 8.13. The Morgan fingerprint density at radius 3 is 2.45 bits per heavy atom. The normalized spacial score (nSPS) is 18.1. The van der Waals surface area contributed by atoms with Crippen molar-refractivity contribution in [1.82, 2.24) is 4.31 Å². The van der Waals surface area contributed by atoms with Crippen LogP contribution >= 0.6 is 11.6 Å². The minimum absolute atomic E-state index is 0.0673. The third kappa shape index (κ3) is 3.00. The first-order valence-electron chi connectivity index (χ1n) is 5.61. The Balaban J connectivity index is 2.41. The molecule has 20 heavy (non-hydrogen) atoms. The van der Waals surface area contributed by atoms with Gasteiger partial charge in [-0.05, 0) is 6.07 Å².